The van der Waals surface area contributed by atoms with Gasteiger partial charge in [-0.1, -0.05) is 20.8 Å². The Hall–Kier alpha value is -2.87. The van der Waals surface area contributed by atoms with Gasteiger partial charge in [-0.3, -0.25) is 4.79 Å². The lowest BCUT2D eigenvalue weighted by molar-refractivity contribution is 0.0688. The maximum atomic E-state index is 13.3. The van der Waals surface area contributed by atoms with E-state index in [0.717, 1.165) is 43.5 Å². The molecule has 3 aliphatic rings. The van der Waals surface area contributed by atoms with Crippen LogP contribution in [-0.2, 0) is 4.74 Å². The molecule has 0 bridgehead atoms. The maximum Gasteiger partial charge on any atom is 0.341 e. The molecule has 8 heteroatoms. The topological polar surface area (TPSA) is 99.9 Å². The lowest BCUT2D eigenvalue weighted by Crippen LogP contribution is -2.34. The van der Waals surface area contributed by atoms with Crippen molar-refractivity contribution in [2.75, 3.05) is 20.3 Å². The van der Waals surface area contributed by atoms with Gasteiger partial charge in [0, 0.05) is 49.1 Å². The molecule has 1 unspecified atom stereocenters. The van der Waals surface area contributed by atoms with Crippen LogP contribution < -0.4 is 15.0 Å². The van der Waals surface area contributed by atoms with Crippen molar-refractivity contribution in [2.45, 2.75) is 70.9 Å². The van der Waals surface area contributed by atoms with Crippen LogP contribution in [0.15, 0.2) is 16.9 Å². The highest BCUT2D eigenvalue weighted by atomic mass is 16.5. The number of hydrogen-bond donors (Lipinski definition) is 1. The fourth-order valence-electron chi connectivity index (χ4n) is 4.68. The van der Waals surface area contributed by atoms with Gasteiger partial charge in [-0.05, 0) is 31.7 Å². The van der Waals surface area contributed by atoms with Crippen molar-refractivity contribution < 1.29 is 24.1 Å². The van der Waals surface area contributed by atoms with E-state index >= 15 is 0 Å². The average Bonchev–Trinajstić information content (AvgIpc) is 3.67. The van der Waals surface area contributed by atoms with E-state index < -0.39 is 17.6 Å². The summed E-state index contributed by atoms with van der Waals surface area (Å²) in [4.78, 5) is 30.3. The molecule has 3 heterocycles. The van der Waals surface area contributed by atoms with Gasteiger partial charge in [0.1, 0.15) is 23.1 Å². The highest BCUT2D eigenvalue weighted by molar-refractivity contribution is 5.88. The molecule has 5 rings (SSSR count). The first-order valence-corrected chi connectivity index (χ1v) is 12.1. The van der Waals surface area contributed by atoms with Crippen LogP contribution in [0, 0.1) is 5.41 Å². The molecule has 0 spiro atoms. The second kappa shape index (κ2) is 8.41. The maximum absolute atomic E-state index is 13.3. The summed E-state index contributed by atoms with van der Waals surface area (Å²) in [7, 11) is 1.67. The summed E-state index contributed by atoms with van der Waals surface area (Å²) in [5, 5.41) is 9.77. The Morgan fingerprint density at radius 2 is 1.94 bits per heavy atom. The van der Waals surface area contributed by atoms with Crippen LogP contribution >= 0.6 is 0 Å². The molecule has 0 amide bonds. The largest absolute Gasteiger partial charge is 0.491 e. The number of aromatic nitrogens is 2. The predicted octanol–water partition coefficient (Wildman–Crippen LogP) is 4.72. The Morgan fingerprint density at radius 1 is 1.21 bits per heavy atom. The smallest absolute Gasteiger partial charge is 0.341 e. The summed E-state index contributed by atoms with van der Waals surface area (Å²) in [6.07, 6.45) is 4.13. The van der Waals surface area contributed by atoms with E-state index in [-0.39, 0.29) is 17.0 Å². The number of carboxylic acids is 1. The van der Waals surface area contributed by atoms with Crippen LogP contribution in [0.2, 0.25) is 0 Å². The number of methoxy groups -OCH3 is 1. The van der Waals surface area contributed by atoms with Gasteiger partial charge in [-0.25, -0.2) is 9.78 Å². The van der Waals surface area contributed by atoms with Crippen molar-refractivity contribution in [1.82, 2.24) is 9.55 Å². The summed E-state index contributed by atoms with van der Waals surface area (Å²) >= 11 is 0. The van der Waals surface area contributed by atoms with E-state index in [1.807, 2.05) is 26.8 Å². The van der Waals surface area contributed by atoms with Crippen molar-refractivity contribution in [1.29, 1.82) is 0 Å². The molecule has 0 radical (unpaired) electrons. The normalized spacial score (nSPS) is 19.2. The minimum absolute atomic E-state index is 0.0109. The molecule has 2 aromatic heterocycles. The number of ether oxygens (including phenoxy) is 3. The molecule has 2 aliphatic carbocycles. The summed E-state index contributed by atoms with van der Waals surface area (Å²) in [5.74, 6) is 0.407. The first-order valence-electron chi connectivity index (χ1n) is 12.1. The molecule has 2 aromatic rings. The van der Waals surface area contributed by atoms with Crippen LogP contribution in [0.3, 0.4) is 0 Å². The molecule has 8 nitrogen and oxygen atoms in total. The van der Waals surface area contributed by atoms with Gasteiger partial charge in [0.25, 0.3) is 5.56 Å². The van der Waals surface area contributed by atoms with E-state index in [2.05, 4.69) is 0 Å². The lowest BCUT2D eigenvalue weighted by Gasteiger charge is -2.38. The summed E-state index contributed by atoms with van der Waals surface area (Å²) < 4.78 is 19.4. The summed E-state index contributed by atoms with van der Waals surface area (Å²) in [6, 6.07) is 3.41. The molecule has 1 aliphatic heterocycles. The molecule has 1 atom stereocenters. The zero-order valence-electron chi connectivity index (χ0n) is 20.2. The number of aromatic carboxylic acids is 1. The Morgan fingerprint density at radius 3 is 2.53 bits per heavy atom. The third-order valence-corrected chi connectivity index (χ3v) is 6.64. The number of pyridine rings is 2. The Bertz CT molecular complexity index is 1190. The van der Waals surface area contributed by atoms with Gasteiger partial charge >= 0.3 is 5.97 Å². The SMILES string of the molecule is COCCCOc1cc2c(nc1C1CC1)-c1c(cc(C(=O)O)c(=O)n1C1CC1)C(C(C)(C)C)O2. The fraction of sp³-hybridized carbons (Fsp3) is 0.577. The van der Waals surface area contributed by atoms with Crippen molar-refractivity contribution >= 4 is 5.97 Å². The van der Waals surface area contributed by atoms with Gasteiger partial charge in [0.15, 0.2) is 5.75 Å². The third kappa shape index (κ3) is 4.08. The number of carboxylic acid groups (broad SMARTS) is 1. The van der Waals surface area contributed by atoms with Gasteiger partial charge in [0.05, 0.1) is 18.0 Å². The first kappa shape index (κ1) is 22.9. The molecule has 34 heavy (non-hydrogen) atoms. The zero-order valence-corrected chi connectivity index (χ0v) is 20.2. The minimum atomic E-state index is -1.22. The van der Waals surface area contributed by atoms with Crippen LogP contribution in [0.1, 0.15) is 92.6 Å². The van der Waals surface area contributed by atoms with E-state index in [1.165, 1.54) is 6.07 Å². The fourth-order valence-corrected chi connectivity index (χ4v) is 4.68. The molecule has 182 valence electrons. The molecular formula is C26H32N2O6. The van der Waals surface area contributed by atoms with Crippen molar-refractivity contribution in [3.05, 3.63) is 39.3 Å². The molecule has 0 saturated heterocycles. The van der Waals surface area contributed by atoms with Gasteiger partial charge < -0.3 is 23.9 Å². The molecule has 0 aromatic carbocycles. The van der Waals surface area contributed by atoms with Crippen LogP contribution in [-0.4, -0.2) is 41.0 Å². The number of carbonyl (C=O) groups is 1. The number of fused-ring (bicyclic) bond motifs is 3. The van der Waals surface area contributed by atoms with Crippen LogP contribution in [0.25, 0.3) is 11.4 Å². The van der Waals surface area contributed by atoms with E-state index in [1.54, 1.807) is 11.7 Å². The van der Waals surface area contributed by atoms with Gasteiger partial charge in [0.2, 0.25) is 0 Å². The second-order valence-corrected chi connectivity index (χ2v) is 10.6. The Balaban J connectivity index is 1.71. The van der Waals surface area contributed by atoms with Gasteiger partial charge in [-0.2, -0.15) is 0 Å². The minimum Gasteiger partial charge on any atom is -0.491 e. The van der Waals surface area contributed by atoms with E-state index in [4.69, 9.17) is 19.2 Å². The third-order valence-electron chi connectivity index (χ3n) is 6.64. The van der Waals surface area contributed by atoms with E-state index in [0.29, 0.717) is 41.8 Å². The van der Waals surface area contributed by atoms with Crippen LogP contribution in [0.5, 0.6) is 11.5 Å². The van der Waals surface area contributed by atoms with Crippen molar-refractivity contribution in [2.24, 2.45) is 5.41 Å². The quantitative estimate of drug-likeness (QED) is 0.560. The Labute approximate surface area is 198 Å². The zero-order chi connectivity index (χ0) is 24.2. The molecule has 1 N–H and O–H groups in total. The molecule has 2 fully saturated rings. The highest BCUT2D eigenvalue weighted by Gasteiger charge is 2.42. The van der Waals surface area contributed by atoms with E-state index in [9.17, 15) is 14.7 Å². The lowest BCUT2D eigenvalue weighted by atomic mass is 9.81. The predicted molar refractivity (Wildman–Crippen MR) is 126 cm³/mol. The average molecular weight is 469 g/mol. The standard InChI is InChI=1S/C26H32N2O6/c1-26(2,3)23-16-12-17(25(30)31)24(29)28(15-8-9-15)22(16)21-19(34-23)13-18(33-11-5-10-32-4)20(27-21)14-6-7-14/h12-15,23H,5-11H2,1-4H3,(H,30,31). The number of hydrogen-bond acceptors (Lipinski definition) is 6. The van der Waals surface area contributed by atoms with Crippen molar-refractivity contribution in [3.8, 4) is 22.9 Å². The molecule has 2 saturated carbocycles. The second-order valence-electron chi connectivity index (χ2n) is 10.6. The number of nitrogens with zero attached hydrogens (tertiary/aromatic N) is 2. The molecular weight excluding hydrogens is 436 g/mol. The first-order chi connectivity index (χ1) is 16.2. The summed E-state index contributed by atoms with van der Waals surface area (Å²) in [6.45, 7) is 7.28. The highest BCUT2D eigenvalue weighted by Crippen LogP contribution is 2.53. The Kier molecular flexibility index (Phi) is 5.67. The monoisotopic (exact) mass is 468 g/mol. The van der Waals surface area contributed by atoms with Crippen LogP contribution in [0.4, 0.5) is 0 Å². The number of rotatable bonds is 8. The van der Waals surface area contributed by atoms with Gasteiger partial charge in [-0.15, -0.1) is 0 Å². The van der Waals surface area contributed by atoms with Crippen molar-refractivity contribution in [3.63, 3.8) is 0 Å². The summed E-state index contributed by atoms with van der Waals surface area (Å²) in [5.41, 5.74) is 1.89.